The van der Waals surface area contributed by atoms with E-state index in [1.54, 1.807) is 21.9 Å². The molecule has 0 aromatic heterocycles. The average molecular weight is 640 g/mol. The minimum atomic E-state index is -1.68. The van der Waals surface area contributed by atoms with Crippen molar-refractivity contribution in [2.24, 2.45) is 17.3 Å². The van der Waals surface area contributed by atoms with E-state index in [1.165, 1.54) is 6.07 Å². The van der Waals surface area contributed by atoms with Gasteiger partial charge in [0.1, 0.15) is 29.9 Å². The van der Waals surface area contributed by atoms with Crippen LogP contribution in [0.5, 0.6) is 5.75 Å². The lowest BCUT2D eigenvalue weighted by Crippen LogP contribution is -2.55. The van der Waals surface area contributed by atoms with Crippen LogP contribution in [0.1, 0.15) is 51.5 Å². The highest BCUT2D eigenvalue weighted by Gasteiger charge is 2.46. The van der Waals surface area contributed by atoms with Crippen LogP contribution in [0.2, 0.25) is 0 Å². The van der Waals surface area contributed by atoms with E-state index in [9.17, 15) is 34.4 Å². The lowest BCUT2D eigenvalue weighted by molar-refractivity contribution is -0.136. The molecule has 1 saturated carbocycles. The molecule has 3 aliphatic rings. The van der Waals surface area contributed by atoms with Crippen molar-refractivity contribution in [3.05, 3.63) is 29.6 Å². The van der Waals surface area contributed by atoms with Crippen molar-refractivity contribution >= 4 is 12.0 Å². The molecule has 4 atom stereocenters. The van der Waals surface area contributed by atoms with E-state index in [4.69, 9.17) is 14.6 Å². The number of hydrogen-bond acceptors (Lipinski definition) is 10. The highest BCUT2D eigenvalue weighted by atomic mass is 19.1. The van der Waals surface area contributed by atoms with Crippen LogP contribution in [0.3, 0.4) is 0 Å². The quantitative estimate of drug-likeness (QED) is 0.160. The van der Waals surface area contributed by atoms with E-state index in [0.717, 1.165) is 45.2 Å². The number of nitrogens with one attached hydrogen (secondary N) is 1. The summed E-state index contributed by atoms with van der Waals surface area (Å²) >= 11 is 0. The molecule has 12 nitrogen and oxygen atoms in total. The molecule has 0 bridgehead atoms. The summed E-state index contributed by atoms with van der Waals surface area (Å²) < 4.78 is 25.9. The summed E-state index contributed by atoms with van der Waals surface area (Å²) in [4.78, 5) is 28.2. The predicted molar refractivity (Wildman–Crippen MR) is 162 cm³/mol. The van der Waals surface area contributed by atoms with Gasteiger partial charge in [-0.05, 0) is 68.9 Å². The number of ether oxygens (including phenoxy) is 2. The van der Waals surface area contributed by atoms with Gasteiger partial charge >= 0.3 is 6.09 Å². The Balaban J connectivity index is 1.08. The van der Waals surface area contributed by atoms with Gasteiger partial charge in [0.05, 0.1) is 31.8 Å². The largest absolute Gasteiger partial charge is 0.493 e. The first-order valence-corrected chi connectivity index (χ1v) is 16.1. The molecule has 0 radical (unpaired) electrons. The van der Waals surface area contributed by atoms with E-state index < -0.39 is 36.8 Å². The summed E-state index contributed by atoms with van der Waals surface area (Å²) in [6.45, 7) is 6.32. The van der Waals surface area contributed by atoms with Crippen molar-refractivity contribution in [3.63, 3.8) is 0 Å². The second-order valence-electron chi connectivity index (χ2n) is 13.4. The van der Waals surface area contributed by atoms with Gasteiger partial charge in [-0.1, -0.05) is 6.07 Å². The van der Waals surface area contributed by atoms with E-state index in [0.29, 0.717) is 48.9 Å². The number of aliphatic hydroxyl groups is 5. The lowest BCUT2D eigenvalue weighted by Gasteiger charge is -2.52. The summed E-state index contributed by atoms with van der Waals surface area (Å²) in [6, 6.07) is 4.61. The molecule has 3 fully saturated rings. The number of halogens is 1. The molecule has 3 unspecified atom stereocenters. The number of amides is 2. The van der Waals surface area contributed by atoms with Gasteiger partial charge in [-0.3, -0.25) is 4.79 Å². The van der Waals surface area contributed by atoms with E-state index >= 15 is 0 Å². The third-order valence-electron chi connectivity index (χ3n) is 9.45. The van der Waals surface area contributed by atoms with Crippen molar-refractivity contribution in [1.29, 1.82) is 0 Å². The van der Waals surface area contributed by atoms with E-state index in [1.807, 2.05) is 13.8 Å². The second-order valence-corrected chi connectivity index (χ2v) is 13.4. The smallest absolute Gasteiger partial charge is 0.410 e. The van der Waals surface area contributed by atoms with Crippen LogP contribution >= 0.6 is 0 Å². The van der Waals surface area contributed by atoms with Crippen molar-refractivity contribution in [3.8, 4) is 5.75 Å². The molecule has 6 N–H and O–H groups in total. The normalized spacial score (nSPS) is 21.2. The zero-order valence-electron chi connectivity index (χ0n) is 26.3. The number of carbonyl (C=O) groups is 2. The molecule has 2 saturated heterocycles. The first kappa shape index (κ1) is 35.3. The van der Waals surface area contributed by atoms with Gasteiger partial charge in [-0.25, -0.2) is 9.18 Å². The fraction of sp³-hybridized carbons (Fsp3) is 0.750. The number of nitrogens with zero attached hydrogens (tertiary/aromatic N) is 2. The van der Waals surface area contributed by atoms with Gasteiger partial charge in [0.25, 0.3) is 0 Å². The number of hydrogen-bond donors (Lipinski definition) is 6. The number of likely N-dealkylation sites (tertiary alicyclic amines) is 2. The molecule has 2 heterocycles. The molecule has 1 spiro atoms. The van der Waals surface area contributed by atoms with Crippen LogP contribution in [0, 0.1) is 23.1 Å². The molecule has 45 heavy (non-hydrogen) atoms. The summed E-state index contributed by atoms with van der Waals surface area (Å²) in [5.41, 5.74) is 0.620. The molecule has 1 aliphatic carbocycles. The Morgan fingerprint density at radius 1 is 1.02 bits per heavy atom. The fourth-order valence-electron chi connectivity index (χ4n) is 6.62. The summed E-state index contributed by atoms with van der Waals surface area (Å²) in [5, 5.41) is 50.7. The third-order valence-corrected chi connectivity index (χ3v) is 9.45. The van der Waals surface area contributed by atoms with Crippen LogP contribution < -0.4 is 10.1 Å². The van der Waals surface area contributed by atoms with Crippen molar-refractivity contribution in [2.45, 2.75) is 82.9 Å². The zero-order valence-corrected chi connectivity index (χ0v) is 26.3. The van der Waals surface area contributed by atoms with Crippen molar-refractivity contribution in [2.75, 3.05) is 52.5 Å². The van der Waals surface area contributed by atoms with Gasteiger partial charge in [-0.15, -0.1) is 0 Å². The maximum atomic E-state index is 14.8. The number of benzene rings is 1. The Bertz CT molecular complexity index is 1120. The van der Waals surface area contributed by atoms with E-state index in [-0.39, 0.29) is 37.0 Å². The summed E-state index contributed by atoms with van der Waals surface area (Å²) in [6.07, 6.45) is -1.46. The summed E-state index contributed by atoms with van der Waals surface area (Å²) in [5.74, 6) is 0.462. The second kappa shape index (κ2) is 15.8. The average Bonchev–Trinajstić information content (AvgIpc) is 2.97. The highest BCUT2D eigenvalue weighted by molar-refractivity contribution is 5.79. The third kappa shape index (κ3) is 9.49. The van der Waals surface area contributed by atoms with Crippen molar-refractivity contribution in [1.82, 2.24) is 15.1 Å². The van der Waals surface area contributed by atoms with Gasteiger partial charge in [0, 0.05) is 51.3 Å². The zero-order chi connectivity index (χ0) is 32.7. The van der Waals surface area contributed by atoms with Gasteiger partial charge in [-0.2, -0.15) is 0 Å². The fourth-order valence-corrected chi connectivity index (χ4v) is 6.62. The molecule has 2 amide bonds. The maximum Gasteiger partial charge on any atom is 0.410 e. The molecular formula is C32H50FN3O9. The minimum absolute atomic E-state index is 0.0429. The van der Waals surface area contributed by atoms with Gasteiger partial charge < -0.3 is 50.1 Å². The molecule has 4 rings (SSSR count). The van der Waals surface area contributed by atoms with Crippen LogP contribution in [-0.2, 0) is 16.0 Å². The number of aliphatic hydroxyl groups excluding tert-OH is 5. The molecule has 254 valence electrons. The van der Waals surface area contributed by atoms with Gasteiger partial charge in [0.15, 0.2) is 0 Å². The lowest BCUT2D eigenvalue weighted by atomic mass is 9.57. The number of piperidine rings is 1. The highest BCUT2D eigenvalue weighted by Crippen LogP contribution is 2.53. The first-order chi connectivity index (χ1) is 21.4. The molecule has 13 heteroatoms. The Hall–Kier alpha value is -2.55. The molecule has 1 aromatic carbocycles. The Morgan fingerprint density at radius 2 is 1.69 bits per heavy atom. The Labute approximate surface area is 264 Å². The number of carbonyl (C=O) groups excluding carboxylic acids is 2. The monoisotopic (exact) mass is 639 g/mol. The number of rotatable bonds is 15. The van der Waals surface area contributed by atoms with E-state index in [2.05, 4.69) is 5.32 Å². The molecular weight excluding hydrogens is 589 g/mol. The van der Waals surface area contributed by atoms with Crippen LogP contribution in [0.25, 0.3) is 0 Å². The van der Waals surface area contributed by atoms with Gasteiger partial charge in [0.2, 0.25) is 5.91 Å². The van der Waals surface area contributed by atoms with Crippen molar-refractivity contribution < 1.29 is 49.0 Å². The standard InChI is InChI=1S/C32H50FN3O9/c1-20(2)45-31(43)35-8-6-32(7-9-35)13-21(14-32)5-10-44-24-4-3-23(25(33)12-24)11-28(40)36-17-22(18-36)15-34-16-26(38)29(41)30(42)27(39)19-37/h3-4,12,20-22,26-27,29-30,34,37-39,41-42H,5-11,13-19H2,1-2H3/t26?,27-,29?,30?/m1/s1. The van der Waals surface area contributed by atoms with Crippen LogP contribution in [0.4, 0.5) is 9.18 Å². The SMILES string of the molecule is CC(C)OC(=O)N1CCC2(CC1)CC(CCOc1ccc(CC(=O)N3CC(CNCC(O)C(O)C(O)[C@H](O)CO)C3)c(F)c1)C2. The molecule has 2 aliphatic heterocycles. The topological polar surface area (TPSA) is 172 Å². The maximum absolute atomic E-state index is 14.8. The molecule has 1 aromatic rings. The first-order valence-electron chi connectivity index (χ1n) is 16.1. The van der Waals surface area contributed by atoms with Crippen LogP contribution in [-0.4, -0.2) is 130 Å². The minimum Gasteiger partial charge on any atom is -0.493 e. The Morgan fingerprint density at radius 3 is 2.31 bits per heavy atom. The summed E-state index contributed by atoms with van der Waals surface area (Å²) in [7, 11) is 0. The Kier molecular flexibility index (Phi) is 12.4. The predicted octanol–water partition coefficient (Wildman–Crippen LogP) is 0.658. The van der Waals surface area contributed by atoms with Crippen LogP contribution in [0.15, 0.2) is 18.2 Å².